The molecule has 0 unspecified atom stereocenters. The predicted molar refractivity (Wildman–Crippen MR) is 102 cm³/mol. The van der Waals surface area contributed by atoms with Crippen molar-refractivity contribution in [2.45, 2.75) is 44.6 Å². The summed E-state index contributed by atoms with van der Waals surface area (Å²) < 4.78 is 11.0. The molecular weight excluding hydrogens is 322 g/mol. The zero-order chi connectivity index (χ0) is 17.6. The lowest BCUT2D eigenvalue weighted by molar-refractivity contribution is 0.143. The van der Waals surface area contributed by atoms with Crippen molar-refractivity contribution in [3.8, 4) is 11.1 Å². The number of hydrogen-bond acceptors (Lipinski definition) is 3. The first-order valence-electron chi connectivity index (χ1n) is 9.66. The number of piperidine rings is 1. The number of rotatable bonds is 3. The van der Waals surface area contributed by atoms with Crippen molar-refractivity contribution in [3.05, 3.63) is 71.6 Å². The molecule has 1 saturated heterocycles. The van der Waals surface area contributed by atoms with E-state index >= 15 is 0 Å². The summed E-state index contributed by atoms with van der Waals surface area (Å²) in [6, 6.07) is 13.2. The van der Waals surface area contributed by atoms with Gasteiger partial charge in [0, 0.05) is 5.56 Å². The monoisotopic (exact) mass is 347 g/mol. The molecule has 2 aromatic heterocycles. The van der Waals surface area contributed by atoms with Crippen molar-refractivity contribution in [2.75, 3.05) is 13.1 Å². The number of aryl methyl sites for hydroxylation is 2. The SMILES string of the molecule is Cc1ccc(CN2CCC3(CCc4ccc(-c5ccoc5)cc43)CC2)o1. The molecule has 1 aromatic carbocycles. The van der Waals surface area contributed by atoms with Crippen LogP contribution in [0, 0.1) is 6.92 Å². The molecule has 3 nitrogen and oxygen atoms in total. The fourth-order valence-corrected chi connectivity index (χ4v) is 4.85. The maximum absolute atomic E-state index is 5.77. The summed E-state index contributed by atoms with van der Waals surface area (Å²) in [6.07, 6.45) is 8.61. The first-order valence-corrected chi connectivity index (χ1v) is 9.66. The second kappa shape index (κ2) is 6.17. The molecule has 3 heterocycles. The molecule has 0 atom stereocenters. The maximum atomic E-state index is 5.77. The van der Waals surface area contributed by atoms with E-state index in [9.17, 15) is 0 Å². The summed E-state index contributed by atoms with van der Waals surface area (Å²) in [7, 11) is 0. The van der Waals surface area contributed by atoms with Gasteiger partial charge in [0.05, 0.1) is 19.1 Å². The molecule has 1 fully saturated rings. The Bertz CT molecular complexity index is 898. The maximum Gasteiger partial charge on any atom is 0.118 e. The lowest BCUT2D eigenvalue weighted by Crippen LogP contribution is -2.41. The third-order valence-corrected chi connectivity index (χ3v) is 6.40. The minimum absolute atomic E-state index is 0.366. The van der Waals surface area contributed by atoms with Gasteiger partial charge < -0.3 is 8.83 Å². The number of hydrogen-bond donors (Lipinski definition) is 0. The highest BCUT2D eigenvalue weighted by Gasteiger charge is 2.41. The van der Waals surface area contributed by atoms with Gasteiger partial charge in [0.25, 0.3) is 0 Å². The fraction of sp³-hybridized carbons (Fsp3) is 0.391. The van der Waals surface area contributed by atoms with Crippen molar-refractivity contribution in [3.63, 3.8) is 0 Å². The fourth-order valence-electron chi connectivity index (χ4n) is 4.85. The zero-order valence-electron chi connectivity index (χ0n) is 15.3. The van der Waals surface area contributed by atoms with Gasteiger partial charge in [-0.25, -0.2) is 0 Å². The van der Waals surface area contributed by atoms with Crippen LogP contribution < -0.4 is 0 Å². The van der Waals surface area contributed by atoms with E-state index in [0.29, 0.717) is 5.41 Å². The lowest BCUT2D eigenvalue weighted by Gasteiger charge is -2.40. The summed E-state index contributed by atoms with van der Waals surface area (Å²) in [5.41, 5.74) is 5.97. The molecule has 0 amide bonds. The molecule has 3 heteroatoms. The molecule has 1 spiro atoms. The van der Waals surface area contributed by atoms with E-state index in [0.717, 1.165) is 31.2 Å². The quantitative estimate of drug-likeness (QED) is 0.641. The van der Waals surface area contributed by atoms with E-state index in [1.54, 1.807) is 17.4 Å². The second-order valence-corrected chi connectivity index (χ2v) is 7.95. The Balaban J connectivity index is 1.35. The summed E-state index contributed by atoms with van der Waals surface area (Å²) in [5, 5.41) is 0. The van der Waals surface area contributed by atoms with Crippen LogP contribution in [0.3, 0.4) is 0 Å². The number of fused-ring (bicyclic) bond motifs is 2. The Morgan fingerprint density at radius 2 is 1.88 bits per heavy atom. The van der Waals surface area contributed by atoms with E-state index in [1.807, 2.05) is 13.2 Å². The van der Waals surface area contributed by atoms with E-state index < -0.39 is 0 Å². The number of furan rings is 2. The number of nitrogens with zero attached hydrogens (tertiary/aromatic N) is 1. The molecule has 5 rings (SSSR count). The Hall–Kier alpha value is -2.26. The molecule has 0 N–H and O–H groups in total. The molecular formula is C23H25NO2. The molecule has 3 aromatic rings. The number of likely N-dealkylation sites (tertiary alicyclic amines) is 1. The second-order valence-electron chi connectivity index (χ2n) is 7.95. The number of benzene rings is 1. The van der Waals surface area contributed by atoms with E-state index in [1.165, 1.54) is 36.8 Å². The summed E-state index contributed by atoms with van der Waals surface area (Å²) in [6.45, 7) is 5.25. The van der Waals surface area contributed by atoms with Gasteiger partial charge in [-0.1, -0.05) is 18.2 Å². The highest BCUT2D eigenvalue weighted by molar-refractivity contribution is 5.65. The molecule has 0 saturated carbocycles. The molecule has 0 radical (unpaired) electrons. The lowest BCUT2D eigenvalue weighted by atomic mass is 9.73. The van der Waals surface area contributed by atoms with Gasteiger partial charge in [-0.3, -0.25) is 4.90 Å². The minimum atomic E-state index is 0.366. The van der Waals surface area contributed by atoms with E-state index in [4.69, 9.17) is 8.83 Å². The Morgan fingerprint density at radius 3 is 2.62 bits per heavy atom. The van der Waals surface area contributed by atoms with Gasteiger partial charge >= 0.3 is 0 Å². The van der Waals surface area contributed by atoms with Crippen molar-refractivity contribution >= 4 is 0 Å². The Morgan fingerprint density at radius 1 is 1.00 bits per heavy atom. The van der Waals surface area contributed by atoms with Crippen LogP contribution in [0.4, 0.5) is 0 Å². The van der Waals surface area contributed by atoms with Gasteiger partial charge in [-0.15, -0.1) is 0 Å². The molecule has 26 heavy (non-hydrogen) atoms. The zero-order valence-corrected chi connectivity index (χ0v) is 15.3. The van der Waals surface area contributed by atoms with Crippen LogP contribution in [0.15, 0.2) is 57.8 Å². The highest BCUT2D eigenvalue weighted by atomic mass is 16.3. The van der Waals surface area contributed by atoms with Crippen LogP contribution in [-0.2, 0) is 18.4 Å². The first kappa shape index (κ1) is 16.0. The van der Waals surface area contributed by atoms with Crippen LogP contribution in [-0.4, -0.2) is 18.0 Å². The molecule has 134 valence electrons. The van der Waals surface area contributed by atoms with Crippen LogP contribution >= 0.6 is 0 Å². The van der Waals surface area contributed by atoms with Crippen LogP contribution in [0.5, 0.6) is 0 Å². The van der Waals surface area contributed by atoms with Crippen LogP contribution in [0.25, 0.3) is 11.1 Å². The Labute approximate surface area is 154 Å². The average molecular weight is 347 g/mol. The van der Waals surface area contributed by atoms with Crippen molar-refractivity contribution in [1.82, 2.24) is 4.90 Å². The topological polar surface area (TPSA) is 29.5 Å². The molecule has 2 aliphatic rings. The normalized spacial score (nSPS) is 19.1. The van der Waals surface area contributed by atoms with E-state index in [-0.39, 0.29) is 0 Å². The summed E-state index contributed by atoms with van der Waals surface area (Å²) >= 11 is 0. The van der Waals surface area contributed by atoms with E-state index in [2.05, 4.69) is 41.3 Å². The predicted octanol–water partition coefficient (Wildman–Crippen LogP) is 5.33. The van der Waals surface area contributed by atoms with Crippen LogP contribution in [0.2, 0.25) is 0 Å². The summed E-state index contributed by atoms with van der Waals surface area (Å²) in [4.78, 5) is 2.54. The van der Waals surface area contributed by atoms with Gasteiger partial charge in [0.15, 0.2) is 0 Å². The molecule has 1 aliphatic carbocycles. The van der Waals surface area contributed by atoms with Gasteiger partial charge in [-0.05, 0) is 86.0 Å². The third kappa shape index (κ3) is 2.71. The Kier molecular flexibility index (Phi) is 3.79. The van der Waals surface area contributed by atoms with Crippen molar-refractivity contribution < 1.29 is 8.83 Å². The highest BCUT2D eigenvalue weighted by Crippen LogP contribution is 2.47. The molecule has 0 bridgehead atoms. The largest absolute Gasteiger partial charge is 0.472 e. The van der Waals surface area contributed by atoms with Gasteiger partial charge in [0.1, 0.15) is 11.5 Å². The minimum Gasteiger partial charge on any atom is -0.472 e. The van der Waals surface area contributed by atoms with Crippen LogP contribution in [0.1, 0.15) is 41.9 Å². The average Bonchev–Trinajstić information content (AvgIpc) is 3.39. The van der Waals surface area contributed by atoms with Crippen molar-refractivity contribution in [2.24, 2.45) is 0 Å². The van der Waals surface area contributed by atoms with Crippen molar-refractivity contribution in [1.29, 1.82) is 0 Å². The summed E-state index contributed by atoms with van der Waals surface area (Å²) in [5.74, 6) is 2.09. The standard InChI is InChI=1S/C23H25NO2/c1-17-2-5-21(26-17)15-24-11-9-23(10-12-24)8-6-18-3-4-19(14-22(18)23)20-7-13-25-16-20/h2-5,7,13-14,16H,6,8-12,15H2,1H3. The third-order valence-electron chi connectivity index (χ3n) is 6.40. The van der Waals surface area contributed by atoms with Gasteiger partial charge in [0.2, 0.25) is 0 Å². The van der Waals surface area contributed by atoms with Gasteiger partial charge in [-0.2, -0.15) is 0 Å². The molecule has 1 aliphatic heterocycles. The smallest absolute Gasteiger partial charge is 0.118 e. The first-order chi connectivity index (χ1) is 12.7.